The van der Waals surface area contributed by atoms with Crippen LogP contribution >= 0.6 is 0 Å². The van der Waals surface area contributed by atoms with E-state index >= 15 is 0 Å². The molecule has 0 rings (SSSR count). The smallest absolute Gasteiger partial charge is 0.481 e. The Morgan fingerprint density at radius 2 is 1.05 bits per heavy atom. The summed E-state index contributed by atoms with van der Waals surface area (Å²) in [7, 11) is 0. The summed E-state index contributed by atoms with van der Waals surface area (Å²) in [5.41, 5.74) is 0. The zero-order valence-corrected chi connectivity index (χ0v) is 14.9. The number of hydrogen-bond donors (Lipinski definition) is 2. The van der Waals surface area contributed by atoms with Crippen molar-refractivity contribution in [3.63, 3.8) is 0 Å². The van der Waals surface area contributed by atoms with Gasteiger partial charge in [0.05, 0.1) is 11.8 Å². The summed E-state index contributed by atoms with van der Waals surface area (Å²) >= 11 is 0. The first-order chi connectivity index (χ1) is 9.44. The van der Waals surface area contributed by atoms with E-state index in [1.165, 1.54) is 0 Å². The van der Waals surface area contributed by atoms with E-state index in [0.717, 1.165) is 51.4 Å². The molecule has 0 aliphatic rings. The van der Waals surface area contributed by atoms with E-state index in [1.54, 1.807) is 0 Å². The third kappa shape index (κ3) is 15.7. The van der Waals surface area contributed by atoms with Crippen molar-refractivity contribution in [2.24, 2.45) is 11.8 Å². The summed E-state index contributed by atoms with van der Waals surface area (Å²) in [5.74, 6) is -1.51. The molecule has 0 spiro atoms. The minimum atomic E-state index is -0.643. The Labute approximate surface area is 139 Å². The number of unbranched alkanes of at least 4 members (excludes halogenated alkanes) is 2. The maximum atomic E-state index is 10.4. The first-order valence-electron chi connectivity index (χ1n) is 7.89. The van der Waals surface area contributed by atoms with Crippen molar-refractivity contribution in [2.75, 3.05) is 0 Å². The molecule has 1 radical (unpaired) electrons. The molecule has 0 bridgehead atoms. The summed E-state index contributed by atoms with van der Waals surface area (Å²) < 4.78 is 0. The Morgan fingerprint density at radius 1 is 0.762 bits per heavy atom. The maximum Gasteiger partial charge on any atom is 2.00 e. The molecule has 2 atom stereocenters. The van der Waals surface area contributed by atoms with Crippen LogP contribution in [-0.4, -0.2) is 22.2 Å². The first kappa shape index (κ1) is 25.4. The van der Waals surface area contributed by atoms with Gasteiger partial charge in [0, 0.05) is 0 Å². The molecule has 0 heterocycles. The van der Waals surface area contributed by atoms with Crippen LogP contribution in [0.15, 0.2) is 0 Å². The second kappa shape index (κ2) is 17.5. The summed E-state index contributed by atoms with van der Waals surface area (Å²) in [5, 5.41) is 17.2. The second-order valence-electron chi connectivity index (χ2n) is 5.17. The van der Waals surface area contributed by atoms with Crippen LogP contribution in [0.3, 0.4) is 0 Å². The number of carbonyl (C=O) groups is 2. The largest absolute Gasteiger partial charge is 2.00 e. The van der Waals surface area contributed by atoms with Gasteiger partial charge in [-0.05, 0) is 25.7 Å². The van der Waals surface area contributed by atoms with Crippen molar-refractivity contribution in [2.45, 2.75) is 79.1 Å². The van der Waals surface area contributed by atoms with Gasteiger partial charge in [-0.3, -0.25) is 9.59 Å². The van der Waals surface area contributed by atoms with Gasteiger partial charge >= 0.3 is 28.7 Å². The van der Waals surface area contributed by atoms with Gasteiger partial charge in [-0.2, -0.15) is 0 Å². The van der Waals surface area contributed by atoms with Crippen molar-refractivity contribution in [1.29, 1.82) is 0 Å². The molecule has 0 aliphatic carbocycles. The minimum absolute atomic E-state index is 0. The van der Waals surface area contributed by atoms with E-state index in [1.807, 2.05) is 13.8 Å². The molecule has 0 fully saturated rings. The van der Waals surface area contributed by atoms with Gasteiger partial charge in [0.25, 0.3) is 0 Å². The number of carboxylic acids is 2. The first-order valence-corrected chi connectivity index (χ1v) is 7.89. The zero-order valence-electron chi connectivity index (χ0n) is 13.9. The fourth-order valence-electron chi connectivity index (χ4n) is 1.91. The summed E-state index contributed by atoms with van der Waals surface area (Å²) in [6, 6.07) is 0. The second-order valence-corrected chi connectivity index (χ2v) is 5.17. The van der Waals surface area contributed by atoms with Crippen LogP contribution in [0.25, 0.3) is 0 Å². The number of carboxylic acid groups (broad SMARTS) is 2. The number of aliphatic carboxylic acids is 2. The van der Waals surface area contributed by atoms with E-state index in [-0.39, 0.29) is 28.6 Å². The van der Waals surface area contributed by atoms with Crippen LogP contribution in [0.2, 0.25) is 0 Å². The van der Waals surface area contributed by atoms with Crippen molar-refractivity contribution in [3.05, 3.63) is 0 Å². The monoisotopic (exact) mass is 347 g/mol. The molecule has 21 heavy (non-hydrogen) atoms. The van der Waals surface area contributed by atoms with E-state index < -0.39 is 11.9 Å². The molecular formula is C16H32CoO4+2. The van der Waals surface area contributed by atoms with Gasteiger partial charge in [0.1, 0.15) is 0 Å². The molecule has 2 N–H and O–H groups in total. The standard InChI is InChI=1S/2C8H16O2.Co/c2*1-3-5-6-7(4-2)8(9)10;/h2*7H,3-6H2,1-2H3,(H,9,10);/q;;+2. The van der Waals surface area contributed by atoms with Gasteiger partial charge in [-0.15, -0.1) is 0 Å². The number of hydrogen-bond acceptors (Lipinski definition) is 2. The zero-order chi connectivity index (χ0) is 16.0. The van der Waals surface area contributed by atoms with Crippen LogP contribution in [0.4, 0.5) is 0 Å². The fourth-order valence-corrected chi connectivity index (χ4v) is 1.91. The van der Waals surface area contributed by atoms with E-state index in [4.69, 9.17) is 10.2 Å². The molecule has 0 aromatic rings. The van der Waals surface area contributed by atoms with Gasteiger partial charge in [-0.25, -0.2) is 0 Å². The Balaban J connectivity index is -0.000000295. The van der Waals surface area contributed by atoms with E-state index in [2.05, 4.69) is 13.8 Å². The Morgan fingerprint density at radius 3 is 1.19 bits per heavy atom. The Kier molecular flexibility index (Phi) is 21.2. The molecule has 0 aromatic heterocycles. The van der Waals surface area contributed by atoms with Gasteiger partial charge in [0.2, 0.25) is 0 Å². The Bertz CT molecular complexity index is 231. The molecule has 5 heteroatoms. The molecule has 0 aliphatic heterocycles. The summed E-state index contributed by atoms with van der Waals surface area (Å²) in [6.45, 7) is 8.01. The third-order valence-corrected chi connectivity index (χ3v) is 3.50. The molecule has 127 valence electrons. The van der Waals surface area contributed by atoms with Crippen molar-refractivity contribution >= 4 is 11.9 Å². The molecule has 0 saturated heterocycles. The molecule has 0 aromatic carbocycles. The number of rotatable bonds is 10. The van der Waals surface area contributed by atoms with Crippen LogP contribution in [0, 0.1) is 11.8 Å². The van der Waals surface area contributed by atoms with Gasteiger partial charge < -0.3 is 10.2 Å². The predicted molar refractivity (Wildman–Crippen MR) is 81.9 cm³/mol. The van der Waals surface area contributed by atoms with Crippen LogP contribution in [-0.2, 0) is 26.4 Å². The summed E-state index contributed by atoms with van der Waals surface area (Å²) in [6.07, 6.45) is 7.43. The van der Waals surface area contributed by atoms with Crippen molar-refractivity contribution in [1.82, 2.24) is 0 Å². The van der Waals surface area contributed by atoms with E-state index in [0.29, 0.717) is 0 Å². The van der Waals surface area contributed by atoms with Gasteiger partial charge in [0.15, 0.2) is 0 Å². The minimum Gasteiger partial charge on any atom is -0.481 e. The third-order valence-electron chi connectivity index (χ3n) is 3.50. The fraction of sp³-hybridized carbons (Fsp3) is 0.875. The summed E-state index contributed by atoms with van der Waals surface area (Å²) in [4.78, 5) is 20.9. The maximum absolute atomic E-state index is 10.4. The van der Waals surface area contributed by atoms with Crippen molar-refractivity contribution < 1.29 is 36.6 Å². The molecule has 0 saturated carbocycles. The van der Waals surface area contributed by atoms with Crippen molar-refractivity contribution in [3.8, 4) is 0 Å². The van der Waals surface area contributed by atoms with Crippen LogP contribution in [0.1, 0.15) is 79.1 Å². The SMILES string of the molecule is CCCCC(CC)C(=O)O.CCCCC(CC)C(=O)O.[Co+2]. The average molecular weight is 347 g/mol. The van der Waals surface area contributed by atoms with E-state index in [9.17, 15) is 9.59 Å². The van der Waals surface area contributed by atoms with Crippen LogP contribution < -0.4 is 0 Å². The quantitative estimate of drug-likeness (QED) is 0.607. The molecule has 4 nitrogen and oxygen atoms in total. The molecule has 0 amide bonds. The van der Waals surface area contributed by atoms with Crippen LogP contribution in [0.5, 0.6) is 0 Å². The van der Waals surface area contributed by atoms with Gasteiger partial charge in [-0.1, -0.05) is 53.4 Å². The topological polar surface area (TPSA) is 74.6 Å². The molecule has 2 unspecified atom stereocenters. The predicted octanol–water partition coefficient (Wildman–Crippen LogP) is 4.57. The molecular weight excluding hydrogens is 315 g/mol. The normalized spacial score (nSPS) is 12.4. The Hall–Kier alpha value is -0.554. The average Bonchev–Trinajstić information content (AvgIpc) is 2.40.